The molecule has 1 aliphatic carbocycles. The first-order valence-electron chi connectivity index (χ1n) is 5.19. The molecule has 0 aromatic rings. The van der Waals surface area contributed by atoms with E-state index < -0.39 is 0 Å². The Kier molecular flexibility index (Phi) is 2.42. The van der Waals surface area contributed by atoms with Gasteiger partial charge in [-0.15, -0.1) is 0 Å². The smallest absolute Gasteiger partial charge is 0.255 e. The van der Waals surface area contributed by atoms with Crippen LogP contribution >= 0.6 is 0 Å². The minimum absolute atomic E-state index is 0.0367. The van der Waals surface area contributed by atoms with Crippen molar-refractivity contribution in [3.8, 4) is 0 Å². The molecular weight excluding hydrogens is 204 g/mol. The van der Waals surface area contributed by atoms with E-state index in [0.717, 1.165) is 0 Å². The molecule has 0 aromatic carbocycles. The van der Waals surface area contributed by atoms with Crippen LogP contribution in [-0.4, -0.2) is 16.8 Å². The predicted molar refractivity (Wildman–Crippen MR) is 59.7 cm³/mol. The van der Waals surface area contributed by atoms with E-state index in [2.05, 4.69) is 19.3 Å². The predicted octanol–water partition coefficient (Wildman–Crippen LogP) is 1.29. The normalized spacial score (nSPS) is 23.1. The lowest BCUT2D eigenvalue weighted by Gasteiger charge is -2.16. The Morgan fingerprint density at radius 2 is 2.06 bits per heavy atom. The molecular formula is C12H14N2O2. The largest absolute Gasteiger partial charge is 0.273 e. The summed E-state index contributed by atoms with van der Waals surface area (Å²) in [6.45, 7) is 4.14. The van der Waals surface area contributed by atoms with Crippen molar-refractivity contribution >= 4 is 11.8 Å². The van der Waals surface area contributed by atoms with E-state index >= 15 is 0 Å². The molecule has 0 aromatic heterocycles. The third-order valence-corrected chi connectivity index (χ3v) is 2.53. The number of nitrogens with one attached hydrogen (secondary N) is 1. The summed E-state index contributed by atoms with van der Waals surface area (Å²) in [5.41, 5.74) is 3.18. The van der Waals surface area contributed by atoms with Crippen LogP contribution in [0.1, 0.15) is 20.3 Å². The average Bonchev–Trinajstić information content (AvgIpc) is 2.41. The molecule has 84 valence electrons. The molecule has 0 atom stereocenters. The lowest BCUT2D eigenvalue weighted by molar-refractivity contribution is -0.127. The van der Waals surface area contributed by atoms with Crippen molar-refractivity contribution in [2.75, 3.05) is 0 Å². The number of hydrogen-bond donors (Lipinski definition) is 1. The number of carbonyl (C=O) groups excluding carboxylic acids is 2. The Morgan fingerprint density at radius 1 is 1.31 bits per heavy atom. The summed E-state index contributed by atoms with van der Waals surface area (Å²) in [7, 11) is 0. The number of carbonyl (C=O) groups is 2. The van der Waals surface area contributed by atoms with Crippen LogP contribution in [0, 0.1) is 5.41 Å². The molecule has 0 spiro atoms. The van der Waals surface area contributed by atoms with E-state index in [1.807, 2.05) is 30.4 Å². The highest BCUT2D eigenvalue weighted by atomic mass is 16.2. The van der Waals surface area contributed by atoms with Crippen LogP contribution in [0.15, 0.2) is 36.1 Å². The number of amides is 2. The first-order chi connectivity index (χ1) is 7.48. The third kappa shape index (κ3) is 2.05. The second-order valence-corrected chi connectivity index (χ2v) is 4.55. The summed E-state index contributed by atoms with van der Waals surface area (Å²) < 4.78 is 0. The summed E-state index contributed by atoms with van der Waals surface area (Å²) >= 11 is 0. The number of hydrogen-bond acceptors (Lipinski definition) is 2. The van der Waals surface area contributed by atoms with Crippen molar-refractivity contribution in [1.29, 1.82) is 0 Å². The Morgan fingerprint density at radius 3 is 2.69 bits per heavy atom. The first-order valence-corrected chi connectivity index (χ1v) is 5.19. The van der Waals surface area contributed by atoms with Gasteiger partial charge in [0.15, 0.2) is 0 Å². The summed E-state index contributed by atoms with van der Waals surface area (Å²) in [6, 6.07) is 0. The quantitative estimate of drug-likeness (QED) is 0.674. The van der Waals surface area contributed by atoms with E-state index in [1.54, 1.807) is 0 Å². The number of allylic oxidation sites excluding steroid dienone is 5. The monoisotopic (exact) mass is 218 g/mol. The SMILES string of the molecule is CC1(C)C=CC=C(N2NC(=O)CC2=O)C=C1. The second-order valence-electron chi connectivity index (χ2n) is 4.55. The maximum atomic E-state index is 11.5. The van der Waals surface area contributed by atoms with Crippen molar-refractivity contribution < 1.29 is 9.59 Å². The van der Waals surface area contributed by atoms with Crippen molar-refractivity contribution in [2.45, 2.75) is 20.3 Å². The van der Waals surface area contributed by atoms with Crippen molar-refractivity contribution in [2.24, 2.45) is 5.41 Å². The van der Waals surface area contributed by atoms with Crippen LogP contribution < -0.4 is 5.43 Å². The lowest BCUT2D eigenvalue weighted by Crippen LogP contribution is -2.34. The maximum absolute atomic E-state index is 11.5. The van der Waals surface area contributed by atoms with Crippen molar-refractivity contribution in [1.82, 2.24) is 10.4 Å². The first kappa shape index (κ1) is 10.7. The van der Waals surface area contributed by atoms with Crippen LogP contribution in [0.25, 0.3) is 0 Å². The van der Waals surface area contributed by atoms with Crippen molar-refractivity contribution in [3.63, 3.8) is 0 Å². The highest BCUT2D eigenvalue weighted by Crippen LogP contribution is 2.24. The van der Waals surface area contributed by atoms with E-state index in [9.17, 15) is 9.59 Å². The summed E-state index contributed by atoms with van der Waals surface area (Å²) in [4.78, 5) is 22.6. The fourth-order valence-electron chi connectivity index (χ4n) is 1.61. The van der Waals surface area contributed by atoms with Gasteiger partial charge in [-0.05, 0) is 12.2 Å². The van der Waals surface area contributed by atoms with E-state index in [-0.39, 0.29) is 23.7 Å². The van der Waals surface area contributed by atoms with Gasteiger partial charge in [0.05, 0.1) is 5.70 Å². The topological polar surface area (TPSA) is 49.4 Å². The summed E-state index contributed by atoms with van der Waals surface area (Å²) in [5, 5.41) is 1.30. The molecule has 1 aliphatic heterocycles. The molecule has 0 radical (unpaired) electrons. The highest BCUT2D eigenvalue weighted by Gasteiger charge is 2.29. The molecule has 4 heteroatoms. The standard InChI is InChI=1S/C12H14N2O2/c1-12(2)6-3-4-9(5-7-12)14-11(16)8-10(15)13-14/h3-7H,8H2,1-2H3,(H,13,15). The Hall–Kier alpha value is -1.84. The second kappa shape index (κ2) is 3.63. The zero-order valence-corrected chi connectivity index (χ0v) is 9.36. The summed E-state index contributed by atoms with van der Waals surface area (Å²) in [6.07, 6.45) is 9.53. The molecule has 2 aliphatic rings. The average molecular weight is 218 g/mol. The lowest BCUT2D eigenvalue weighted by atomic mass is 9.93. The van der Waals surface area contributed by atoms with Gasteiger partial charge in [0, 0.05) is 5.41 Å². The molecule has 0 bridgehead atoms. The third-order valence-electron chi connectivity index (χ3n) is 2.53. The number of rotatable bonds is 1. The molecule has 4 nitrogen and oxygen atoms in total. The van der Waals surface area contributed by atoms with Gasteiger partial charge in [-0.2, -0.15) is 0 Å². The van der Waals surface area contributed by atoms with Crippen molar-refractivity contribution in [3.05, 3.63) is 36.1 Å². The number of hydrazine groups is 1. The molecule has 0 unspecified atom stereocenters. The Bertz CT molecular complexity index is 430. The fraction of sp³-hybridized carbons (Fsp3) is 0.333. The highest BCUT2D eigenvalue weighted by molar-refractivity contribution is 6.03. The van der Waals surface area contributed by atoms with Crippen LogP contribution in [0.4, 0.5) is 0 Å². The van der Waals surface area contributed by atoms with Gasteiger partial charge < -0.3 is 0 Å². The van der Waals surface area contributed by atoms with Gasteiger partial charge in [0.25, 0.3) is 5.91 Å². The molecule has 2 rings (SSSR count). The Balaban J connectivity index is 2.24. The van der Waals surface area contributed by atoms with Gasteiger partial charge in [0.2, 0.25) is 5.91 Å². The molecule has 1 heterocycles. The van der Waals surface area contributed by atoms with Crippen LogP contribution in [0.2, 0.25) is 0 Å². The van der Waals surface area contributed by atoms with Crippen LogP contribution in [-0.2, 0) is 9.59 Å². The van der Waals surface area contributed by atoms with Gasteiger partial charge in [0.1, 0.15) is 6.42 Å². The maximum Gasteiger partial charge on any atom is 0.255 e. The molecule has 0 saturated carbocycles. The fourth-order valence-corrected chi connectivity index (χ4v) is 1.61. The molecule has 1 fully saturated rings. The minimum atomic E-state index is -0.258. The van der Waals surface area contributed by atoms with Gasteiger partial charge in [-0.3, -0.25) is 15.0 Å². The molecule has 16 heavy (non-hydrogen) atoms. The van der Waals surface area contributed by atoms with Crippen LogP contribution in [0.5, 0.6) is 0 Å². The van der Waals surface area contributed by atoms with E-state index in [4.69, 9.17) is 0 Å². The summed E-state index contributed by atoms with van der Waals surface area (Å²) in [5.74, 6) is -0.471. The molecule has 2 amide bonds. The van der Waals surface area contributed by atoms with E-state index in [0.29, 0.717) is 5.70 Å². The van der Waals surface area contributed by atoms with Crippen LogP contribution in [0.3, 0.4) is 0 Å². The zero-order valence-electron chi connectivity index (χ0n) is 9.36. The number of nitrogens with zero attached hydrogens (tertiary/aromatic N) is 1. The van der Waals surface area contributed by atoms with Gasteiger partial charge >= 0.3 is 0 Å². The molecule has 1 N–H and O–H groups in total. The minimum Gasteiger partial charge on any atom is -0.273 e. The van der Waals surface area contributed by atoms with Gasteiger partial charge in [-0.1, -0.05) is 32.1 Å². The van der Waals surface area contributed by atoms with Gasteiger partial charge in [-0.25, -0.2) is 5.01 Å². The molecule has 1 saturated heterocycles. The zero-order chi connectivity index (χ0) is 11.8. The van der Waals surface area contributed by atoms with E-state index in [1.165, 1.54) is 5.01 Å². The Labute approximate surface area is 94.3 Å².